The summed E-state index contributed by atoms with van der Waals surface area (Å²) >= 11 is 2.41. The predicted molar refractivity (Wildman–Crippen MR) is 127 cm³/mol. The van der Waals surface area contributed by atoms with Gasteiger partial charge in [-0.05, 0) is 45.4 Å². The summed E-state index contributed by atoms with van der Waals surface area (Å²) in [6, 6.07) is 30.7. The van der Waals surface area contributed by atoms with Crippen LogP contribution < -0.4 is 0 Å². The van der Waals surface area contributed by atoms with Crippen LogP contribution in [0.4, 0.5) is 0 Å². The summed E-state index contributed by atoms with van der Waals surface area (Å²) in [4.78, 5) is 27.7. The molecule has 1 aliphatic carbocycles. The highest BCUT2D eigenvalue weighted by Crippen LogP contribution is 2.52. The molecule has 5 rings (SSSR count). The Kier molecular flexibility index (Phi) is 5.03. The van der Waals surface area contributed by atoms with E-state index in [1.165, 1.54) is 23.5 Å². The molecule has 0 spiro atoms. The molecule has 0 bridgehead atoms. The van der Waals surface area contributed by atoms with E-state index in [1.807, 2.05) is 84.9 Å². The topological polar surface area (TPSA) is 34.1 Å². The number of carbonyl (C=O) groups is 2. The lowest BCUT2D eigenvalue weighted by molar-refractivity contribution is 0.108. The van der Waals surface area contributed by atoms with E-state index in [-0.39, 0.29) is 10.2 Å². The summed E-state index contributed by atoms with van der Waals surface area (Å²) in [5, 5.41) is 2.16. The largest absolute Gasteiger partial charge is 0.281 e. The Morgan fingerprint density at radius 3 is 1.37 bits per heavy atom. The predicted octanol–water partition coefficient (Wildman–Crippen LogP) is 7.13. The van der Waals surface area contributed by atoms with Crippen LogP contribution in [0.15, 0.2) is 97.1 Å². The van der Waals surface area contributed by atoms with Crippen molar-refractivity contribution in [3.63, 3.8) is 0 Å². The van der Waals surface area contributed by atoms with E-state index in [4.69, 9.17) is 0 Å². The minimum absolute atomic E-state index is 0.0272. The van der Waals surface area contributed by atoms with Gasteiger partial charge in [0.2, 0.25) is 10.2 Å². The molecule has 4 aromatic rings. The van der Waals surface area contributed by atoms with Crippen LogP contribution in [0, 0.1) is 0 Å². The zero-order valence-corrected chi connectivity index (χ0v) is 17.5. The van der Waals surface area contributed by atoms with Gasteiger partial charge >= 0.3 is 0 Å². The van der Waals surface area contributed by atoms with Gasteiger partial charge < -0.3 is 0 Å². The summed E-state index contributed by atoms with van der Waals surface area (Å²) in [5.41, 5.74) is 3.33. The third kappa shape index (κ3) is 3.38. The van der Waals surface area contributed by atoms with Crippen molar-refractivity contribution < 1.29 is 9.59 Å². The van der Waals surface area contributed by atoms with Crippen LogP contribution in [-0.4, -0.2) is 10.2 Å². The molecule has 0 amide bonds. The maximum atomic E-state index is 13.0. The Balaban J connectivity index is 1.60. The van der Waals surface area contributed by atoms with E-state index < -0.39 is 0 Å². The Morgan fingerprint density at radius 1 is 0.500 bits per heavy atom. The Bertz CT molecular complexity index is 1210. The smallest absolute Gasteiger partial charge is 0.224 e. The standard InChI is InChI=1S/C26H16O2S2/c27-25(18-9-3-1-4-10-18)29-23-20-15-7-13-17-14-8-16-21(22(17)20)24(23)30-26(28)19-11-5-2-6-12-19/h1-16H. The van der Waals surface area contributed by atoms with Crippen LogP contribution in [-0.2, 0) is 0 Å². The van der Waals surface area contributed by atoms with Crippen molar-refractivity contribution in [3.8, 4) is 0 Å². The van der Waals surface area contributed by atoms with Crippen LogP contribution in [0.5, 0.6) is 0 Å². The molecule has 144 valence electrons. The van der Waals surface area contributed by atoms with Gasteiger partial charge in [0.15, 0.2) is 0 Å². The van der Waals surface area contributed by atoms with Crippen molar-refractivity contribution in [2.75, 3.05) is 0 Å². The minimum atomic E-state index is -0.0272. The molecule has 0 aliphatic heterocycles. The first-order chi connectivity index (χ1) is 14.7. The average molecular weight is 425 g/mol. The molecule has 0 radical (unpaired) electrons. The normalized spacial score (nSPS) is 12.4. The number of benzene rings is 4. The summed E-state index contributed by atoms with van der Waals surface area (Å²) < 4.78 is 0. The molecule has 2 nitrogen and oxygen atoms in total. The van der Waals surface area contributed by atoms with Gasteiger partial charge in [0.1, 0.15) is 0 Å². The summed E-state index contributed by atoms with van der Waals surface area (Å²) in [7, 11) is 0. The maximum Gasteiger partial charge on any atom is 0.224 e. The molecule has 4 heteroatoms. The molecule has 1 aliphatic rings. The summed E-state index contributed by atoms with van der Waals surface area (Å²) in [5.74, 6) is 0. The fourth-order valence-corrected chi connectivity index (χ4v) is 5.71. The molecule has 4 aromatic carbocycles. The third-order valence-electron chi connectivity index (χ3n) is 5.01. The molecule has 30 heavy (non-hydrogen) atoms. The van der Waals surface area contributed by atoms with Gasteiger partial charge in [0.25, 0.3) is 0 Å². The Morgan fingerprint density at radius 2 is 0.933 bits per heavy atom. The quantitative estimate of drug-likeness (QED) is 0.349. The lowest BCUT2D eigenvalue weighted by Crippen LogP contribution is -1.95. The van der Waals surface area contributed by atoms with Crippen molar-refractivity contribution in [2.24, 2.45) is 0 Å². The molecule has 0 fully saturated rings. The lowest BCUT2D eigenvalue weighted by Gasteiger charge is -2.08. The fourth-order valence-electron chi connectivity index (χ4n) is 3.62. The number of hydrogen-bond acceptors (Lipinski definition) is 4. The minimum Gasteiger partial charge on any atom is -0.281 e. The number of carbonyl (C=O) groups excluding carboxylic acids is 2. The monoisotopic (exact) mass is 424 g/mol. The van der Waals surface area contributed by atoms with Gasteiger partial charge in [-0.2, -0.15) is 0 Å². The maximum absolute atomic E-state index is 13.0. The second kappa shape index (κ2) is 7.98. The number of rotatable bonds is 4. The van der Waals surface area contributed by atoms with Crippen molar-refractivity contribution >= 4 is 54.3 Å². The van der Waals surface area contributed by atoms with Gasteiger partial charge in [-0.1, -0.05) is 97.1 Å². The van der Waals surface area contributed by atoms with E-state index in [1.54, 1.807) is 0 Å². The van der Waals surface area contributed by atoms with Crippen molar-refractivity contribution in [3.05, 3.63) is 119 Å². The second-order valence-corrected chi connectivity index (χ2v) is 8.84. The van der Waals surface area contributed by atoms with E-state index >= 15 is 0 Å². The van der Waals surface area contributed by atoms with Crippen LogP contribution >= 0.6 is 23.5 Å². The molecule has 0 N–H and O–H groups in total. The van der Waals surface area contributed by atoms with Gasteiger partial charge in [-0.25, -0.2) is 0 Å². The first kappa shape index (κ1) is 18.9. The Hall–Kier alpha value is -3.08. The molecule has 0 aromatic heterocycles. The second-order valence-electron chi connectivity index (χ2n) is 6.88. The van der Waals surface area contributed by atoms with E-state index in [0.717, 1.165) is 31.7 Å². The fraction of sp³-hybridized carbons (Fsp3) is 0. The highest BCUT2D eigenvalue weighted by Gasteiger charge is 2.28. The molecule has 0 saturated carbocycles. The molecule has 0 atom stereocenters. The van der Waals surface area contributed by atoms with Gasteiger partial charge in [0, 0.05) is 20.9 Å². The summed E-state index contributed by atoms with van der Waals surface area (Å²) in [6.07, 6.45) is 0. The van der Waals surface area contributed by atoms with E-state index in [2.05, 4.69) is 12.1 Å². The number of thioether (sulfide) groups is 2. The van der Waals surface area contributed by atoms with E-state index in [0.29, 0.717) is 11.1 Å². The molecule has 0 unspecified atom stereocenters. The van der Waals surface area contributed by atoms with E-state index in [9.17, 15) is 9.59 Å². The molecular formula is C26H16O2S2. The zero-order chi connectivity index (χ0) is 20.5. The van der Waals surface area contributed by atoms with Crippen LogP contribution in [0.1, 0.15) is 31.8 Å². The third-order valence-corrected chi connectivity index (χ3v) is 7.24. The molecule has 0 heterocycles. The zero-order valence-electron chi connectivity index (χ0n) is 15.9. The van der Waals surface area contributed by atoms with Crippen molar-refractivity contribution in [1.29, 1.82) is 0 Å². The van der Waals surface area contributed by atoms with Crippen molar-refractivity contribution in [2.45, 2.75) is 0 Å². The van der Waals surface area contributed by atoms with Gasteiger partial charge in [-0.15, -0.1) is 0 Å². The SMILES string of the molecule is O=C(SC1=C(SC(=O)c2ccccc2)c2cccc3cccc1c23)c1ccccc1. The van der Waals surface area contributed by atoms with Crippen LogP contribution in [0.2, 0.25) is 0 Å². The van der Waals surface area contributed by atoms with Crippen LogP contribution in [0.3, 0.4) is 0 Å². The van der Waals surface area contributed by atoms with Crippen molar-refractivity contribution in [1.82, 2.24) is 0 Å². The highest BCUT2D eigenvalue weighted by atomic mass is 32.2. The lowest BCUT2D eigenvalue weighted by atomic mass is 10.0. The Labute approximate surface area is 183 Å². The highest BCUT2D eigenvalue weighted by molar-refractivity contribution is 8.26. The molecular weight excluding hydrogens is 408 g/mol. The number of hydrogen-bond donors (Lipinski definition) is 0. The molecule has 0 saturated heterocycles. The van der Waals surface area contributed by atoms with Gasteiger partial charge in [0.05, 0.1) is 0 Å². The van der Waals surface area contributed by atoms with Crippen LogP contribution in [0.25, 0.3) is 20.6 Å². The summed E-state index contributed by atoms with van der Waals surface area (Å²) in [6.45, 7) is 0. The first-order valence-corrected chi connectivity index (χ1v) is 11.2. The van der Waals surface area contributed by atoms with Gasteiger partial charge in [-0.3, -0.25) is 9.59 Å². The first-order valence-electron chi connectivity index (χ1n) is 9.53. The average Bonchev–Trinajstić information content (AvgIpc) is 3.09.